The van der Waals surface area contributed by atoms with Crippen molar-refractivity contribution in [1.82, 2.24) is 24.6 Å². The molecule has 5 nitrogen and oxygen atoms in total. The lowest BCUT2D eigenvalue weighted by molar-refractivity contribution is 0.271. The van der Waals surface area contributed by atoms with Crippen molar-refractivity contribution in [2.75, 3.05) is 13.1 Å². The summed E-state index contributed by atoms with van der Waals surface area (Å²) in [6.45, 7) is 3.94. The van der Waals surface area contributed by atoms with Gasteiger partial charge in [-0.1, -0.05) is 12.1 Å². The van der Waals surface area contributed by atoms with E-state index in [1.54, 1.807) is 11.3 Å². The highest BCUT2D eigenvalue weighted by Gasteiger charge is 2.16. The second-order valence-corrected chi connectivity index (χ2v) is 6.16. The molecule has 20 heavy (non-hydrogen) atoms. The van der Waals surface area contributed by atoms with Crippen LogP contribution in [-0.4, -0.2) is 37.7 Å². The molecule has 0 saturated heterocycles. The molecule has 0 aliphatic carbocycles. The van der Waals surface area contributed by atoms with Crippen LogP contribution >= 0.6 is 11.3 Å². The standard InChI is InChI=1S/C14H15N5S/c1-2-4-12-11(3-1)16-14(20-12)9-18-6-5-13-17-15-10-19(13)8-7-18/h1-4,10H,5-9H2. The summed E-state index contributed by atoms with van der Waals surface area (Å²) in [7, 11) is 0. The van der Waals surface area contributed by atoms with Gasteiger partial charge in [0.15, 0.2) is 0 Å². The molecule has 1 aliphatic rings. The lowest BCUT2D eigenvalue weighted by atomic mass is 10.3. The van der Waals surface area contributed by atoms with Crippen LogP contribution in [0.3, 0.4) is 0 Å². The maximum atomic E-state index is 4.72. The Morgan fingerprint density at radius 3 is 3.05 bits per heavy atom. The van der Waals surface area contributed by atoms with Crippen molar-refractivity contribution in [2.45, 2.75) is 19.5 Å². The first-order chi connectivity index (χ1) is 9.88. The zero-order valence-electron chi connectivity index (χ0n) is 11.1. The van der Waals surface area contributed by atoms with Crippen LogP contribution in [0.2, 0.25) is 0 Å². The Kier molecular flexibility index (Phi) is 2.97. The lowest BCUT2D eigenvalue weighted by Gasteiger charge is -2.17. The Morgan fingerprint density at radius 1 is 1.15 bits per heavy atom. The number of thiazole rings is 1. The summed E-state index contributed by atoms with van der Waals surface area (Å²) in [5.41, 5.74) is 1.11. The number of aromatic nitrogens is 4. The van der Waals surface area contributed by atoms with Gasteiger partial charge in [0.05, 0.1) is 16.8 Å². The fourth-order valence-electron chi connectivity index (χ4n) is 2.62. The molecule has 0 fully saturated rings. The van der Waals surface area contributed by atoms with Crippen LogP contribution in [0, 0.1) is 0 Å². The van der Waals surface area contributed by atoms with Crippen LogP contribution in [0.15, 0.2) is 30.6 Å². The fraction of sp³-hybridized carbons (Fsp3) is 0.357. The van der Waals surface area contributed by atoms with Crippen molar-refractivity contribution >= 4 is 21.6 Å². The summed E-state index contributed by atoms with van der Waals surface area (Å²) >= 11 is 1.80. The van der Waals surface area contributed by atoms with Gasteiger partial charge >= 0.3 is 0 Å². The molecule has 4 rings (SSSR count). The quantitative estimate of drug-likeness (QED) is 0.722. The number of rotatable bonds is 2. The molecule has 0 unspecified atom stereocenters. The second kappa shape index (κ2) is 4.96. The molecule has 0 N–H and O–H groups in total. The van der Waals surface area contributed by atoms with E-state index < -0.39 is 0 Å². The molecule has 1 aromatic carbocycles. The van der Waals surface area contributed by atoms with Gasteiger partial charge in [-0.25, -0.2) is 4.98 Å². The van der Waals surface area contributed by atoms with E-state index in [0.717, 1.165) is 43.9 Å². The van der Waals surface area contributed by atoms with E-state index in [2.05, 4.69) is 37.9 Å². The predicted molar refractivity (Wildman–Crippen MR) is 78.6 cm³/mol. The van der Waals surface area contributed by atoms with Crippen molar-refractivity contribution in [1.29, 1.82) is 0 Å². The normalized spacial score (nSPS) is 16.2. The third-order valence-electron chi connectivity index (χ3n) is 3.70. The van der Waals surface area contributed by atoms with E-state index in [4.69, 9.17) is 4.98 Å². The summed E-state index contributed by atoms with van der Waals surface area (Å²) in [4.78, 5) is 7.17. The van der Waals surface area contributed by atoms with E-state index in [0.29, 0.717) is 0 Å². The van der Waals surface area contributed by atoms with E-state index in [1.165, 1.54) is 9.71 Å². The summed E-state index contributed by atoms with van der Waals surface area (Å²) < 4.78 is 3.42. The highest BCUT2D eigenvalue weighted by atomic mass is 32.1. The lowest BCUT2D eigenvalue weighted by Crippen LogP contribution is -2.26. The zero-order valence-corrected chi connectivity index (χ0v) is 11.9. The van der Waals surface area contributed by atoms with Gasteiger partial charge in [0.1, 0.15) is 17.2 Å². The summed E-state index contributed by atoms with van der Waals surface area (Å²) in [6.07, 6.45) is 2.79. The van der Waals surface area contributed by atoms with Crippen molar-refractivity contribution in [2.24, 2.45) is 0 Å². The van der Waals surface area contributed by atoms with Gasteiger partial charge in [-0.2, -0.15) is 0 Å². The van der Waals surface area contributed by atoms with Gasteiger partial charge in [-0.3, -0.25) is 4.90 Å². The number of para-hydroxylation sites is 1. The van der Waals surface area contributed by atoms with Gasteiger partial charge in [0.2, 0.25) is 0 Å². The zero-order chi connectivity index (χ0) is 13.4. The third-order valence-corrected chi connectivity index (χ3v) is 4.72. The minimum Gasteiger partial charge on any atom is -0.316 e. The van der Waals surface area contributed by atoms with Crippen LogP contribution in [-0.2, 0) is 19.5 Å². The van der Waals surface area contributed by atoms with Crippen molar-refractivity contribution in [3.05, 3.63) is 41.4 Å². The maximum Gasteiger partial charge on any atom is 0.134 e. The Balaban J connectivity index is 1.50. The fourth-order valence-corrected chi connectivity index (χ4v) is 3.63. The van der Waals surface area contributed by atoms with Gasteiger partial charge in [0, 0.05) is 26.1 Å². The average molecular weight is 285 g/mol. The van der Waals surface area contributed by atoms with E-state index in [9.17, 15) is 0 Å². The SMILES string of the molecule is c1ccc2sc(CN3CCc4nncn4CC3)nc2c1. The van der Waals surface area contributed by atoms with E-state index >= 15 is 0 Å². The van der Waals surface area contributed by atoms with E-state index in [1.807, 2.05) is 12.4 Å². The van der Waals surface area contributed by atoms with Crippen LogP contribution in [0.5, 0.6) is 0 Å². The smallest absolute Gasteiger partial charge is 0.134 e. The summed E-state index contributed by atoms with van der Waals surface area (Å²) in [5, 5.41) is 9.33. The number of nitrogens with zero attached hydrogens (tertiary/aromatic N) is 5. The predicted octanol–water partition coefficient (Wildman–Crippen LogP) is 1.95. The molecule has 0 spiro atoms. The van der Waals surface area contributed by atoms with Crippen LogP contribution in [0.1, 0.15) is 10.8 Å². The second-order valence-electron chi connectivity index (χ2n) is 5.04. The van der Waals surface area contributed by atoms with Gasteiger partial charge in [-0.05, 0) is 12.1 Å². The first-order valence-corrected chi connectivity index (χ1v) is 7.63. The molecular weight excluding hydrogens is 270 g/mol. The van der Waals surface area contributed by atoms with Gasteiger partial charge in [0.25, 0.3) is 0 Å². The molecule has 0 saturated carbocycles. The number of hydrogen-bond donors (Lipinski definition) is 0. The number of benzene rings is 1. The highest BCUT2D eigenvalue weighted by Crippen LogP contribution is 2.23. The molecule has 1 aliphatic heterocycles. The molecule has 3 aromatic rings. The molecule has 102 valence electrons. The van der Waals surface area contributed by atoms with Crippen LogP contribution < -0.4 is 0 Å². The molecular formula is C14H15N5S. The first kappa shape index (κ1) is 12.0. The maximum absolute atomic E-state index is 4.72. The van der Waals surface area contributed by atoms with Crippen molar-refractivity contribution < 1.29 is 0 Å². The summed E-state index contributed by atoms with van der Waals surface area (Å²) in [5.74, 6) is 1.09. The topological polar surface area (TPSA) is 46.8 Å². The Bertz CT molecular complexity index is 676. The number of fused-ring (bicyclic) bond motifs is 2. The average Bonchev–Trinajstić information content (AvgIpc) is 3.03. The van der Waals surface area contributed by atoms with Gasteiger partial charge < -0.3 is 4.57 Å². The minimum atomic E-state index is 0.928. The molecule has 3 heterocycles. The molecule has 2 aromatic heterocycles. The van der Waals surface area contributed by atoms with Crippen LogP contribution in [0.4, 0.5) is 0 Å². The minimum absolute atomic E-state index is 0.928. The first-order valence-electron chi connectivity index (χ1n) is 6.82. The third kappa shape index (κ3) is 2.21. The molecule has 0 atom stereocenters. The largest absolute Gasteiger partial charge is 0.316 e. The Morgan fingerprint density at radius 2 is 2.10 bits per heavy atom. The van der Waals surface area contributed by atoms with Crippen LogP contribution in [0.25, 0.3) is 10.2 Å². The van der Waals surface area contributed by atoms with E-state index in [-0.39, 0.29) is 0 Å². The number of hydrogen-bond acceptors (Lipinski definition) is 5. The Hall–Kier alpha value is -1.79. The van der Waals surface area contributed by atoms with Crippen molar-refractivity contribution in [3.63, 3.8) is 0 Å². The molecule has 0 radical (unpaired) electrons. The summed E-state index contributed by atoms with van der Waals surface area (Å²) in [6, 6.07) is 8.34. The molecule has 0 amide bonds. The molecule has 6 heteroatoms. The Labute approximate surface area is 120 Å². The highest BCUT2D eigenvalue weighted by molar-refractivity contribution is 7.18. The van der Waals surface area contributed by atoms with Crippen molar-refractivity contribution in [3.8, 4) is 0 Å². The monoisotopic (exact) mass is 285 g/mol. The molecule has 0 bridgehead atoms. The van der Waals surface area contributed by atoms with Gasteiger partial charge in [-0.15, -0.1) is 21.5 Å².